The van der Waals surface area contributed by atoms with E-state index in [1.807, 2.05) is 0 Å². The molecule has 2 aliphatic rings. The normalized spacial score (nSPS) is 31.6. The highest BCUT2D eigenvalue weighted by Gasteiger charge is 2.49. The zero-order valence-corrected chi connectivity index (χ0v) is 8.83. The Morgan fingerprint density at radius 1 is 1.36 bits per heavy atom. The molecule has 0 aromatic heterocycles. The van der Waals surface area contributed by atoms with Gasteiger partial charge in [-0.15, -0.1) is 0 Å². The first-order valence-corrected chi connectivity index (χ1v) is 5.03. The Morgan fingerprint density at radius 3 is 2.43 bits per heavy atom. The van der Waals surface area contributed by atoms with Gasteiger partial charge in [0.15, 0.2) is 0 Å². The summed E-state index contributed by atoms with van der Waals surface area (Å²) in [5.41, 5.74) is -0.739. The summed E-state index contributed by atoms with van der Waals surface area (Å²) in [5.74, 6) is 0.397. The predicted molar refractivity (Wildman–Crippen MR) is 51.5 cm³/mol. The lowest BCUT2D eigenvalue weighted by Gasteiger charge is -2.41. The lowest BCUT2D eigenvalue weighted by Crippen LogP contribution is -2.67. The minimum atomic E-state index is -0.739. The van der Waals surface area contributed by atoms with Crippen LogP contribution in [-0.2, 0) is 9.59 Å². The van der Waals surface area contributed by atoms with E-state index in [1.165, 1.54) is 0 Å². The number of likely N-dealkylation sites (N-methyl/N-ethyl adjacent to an activating group) is 1. The van der Waals surface area contributed by atoms with Crippen LogP contribution in [0, 0.1) is 5.92 Å². The third-order valence-electron chi connectivity index (χ3n) is 3.05. The quantitative estimate of drug-likeness (QED) is 0.648. The van der Waals surface area contributed by atoms with Gasteiger partial charge in [0.2, 0.25) is 11.8 Å². The van der Waals surface area contributed by atoms with Crippen molar-refractivity contribution in [3.8, 4) is 0 Å². The van der Waals surface area contributed by atoms with Crippen LogP contribution in [0.25, 0.3) is 0 Å². The van der Waals surface area contributed by atoms with E-state index in [-0.39, 0.29) is 17.9 Å². The minimum Gasteiger partial charge on any atom is -0.340 e. The van der Waals surface area contributed by atoms with Crippen LogP contribution in [0.15, 0.2) is 0 Å². The molecule has 0 aromatic rings. The van der Waals surface area contributed by atoms with Gasteiger partial charge in [-0.25, -0.2) is 0 Å². The average molecular weight is 196 g/mol. The Balaban J connectivity index is 2.23. The van der Waals surface area contributed by atoms with Crippen LogP contribution in [0.3, 0.4) is 0 Å². The number of carbonyl (C=O) groups is 2. The first-order chi connectivity index (χ1) is 6.43. The molecule has 1 N–H and O–H groups in total. The van der Waals surface area contributed by atoms with Crippen molar-refractivity contribution in [2.24, 2.45) is 5.92 Å². The van der Waals surface area contributed by atoms with Gasteiger partial charge in [-0.05, 0) is 32.6 Å². The van der Waals surface area contributed by atoms with Gasteiger partial charge in [0.25, 0.3) is 0 Å². The van der Waals surface area contributed by atoms with Gasteiger partial charge in [-0.2, -0.15) is 0 Å². The summed E-state index contributed by atoms with van der Waals surface area (Å²) in [5, 5.41) is 2.78. The molecule has 1 aliphatic carbocycles. The number of nitrogens with zero attached hydrogens (tertiary/aromatic N) is 1. The topological polar surface area (TPSA) is 49.4 Å². The average Bonchev–Trinajstić information content (AvgIpc) is 2.83. The van der Waals surface area contributed by atoms with Crippen LogP contribution < -0.4 is 5.32 Å². The largest absolute Gasteiger partial charge is 0.340 e. The third kappa shape index (κ3) is 1.29. The van der Waals surface area contributed by atoms with E-state index in [4.69, 9.17) is 0 Å². The Labute approximate surface area is 83.6 Å². The van der Waals surface area contributed by atoms with Crippen LogP contribution in [0.4, 0.5) is 0 Å². The molecule has 1 heterocycles. The van der Waals surface area contributed by atoms with E-state index in [1.54, 1.807) is 25.8 Å². The van der Waals surface area contributed by atoms with Crippen molar-refractivity contribution in [2.75, 3.05) is 7.05 Å². The van der Waals surface area contributed by atoms with Gasteiger partial charge >= 0.3 is 0 Å². The number of piperazine rings is 1. The number of nitrogens with one attached hydrogen (secondary N) is 1. The molecule has 1 saturated carbocycles. The highest BCUT2D eigenvalue weighted by Crippen LogP contribution is 2.37. The molecule has 0 spiro atoms. The molecule has 0 bridgehead atoms. The number of rotatable bonds is 1. The highest BCUT2D eigenvalue weighted by molar-refractivity contribution is 5.99. The van der Waals surface area contributed by atoms with Crippen LogP contribution >= 0.6 is 0 Å². The van der Waals surface area contributed by atoms with E-state index in [9.17, 15) is 9.59 Å². The molecule has 0 radical (unpaired) electrons. The van der Waals surface area contributed by atoms with Gasteiger partial charge in [0, 0.05) is 7.05 Å². The number of hydrogen-bond donors (Lipinski definition) is 1. The Morgan fingerprint density at radius 2 is 1.93 bits per heavy atom. The van der Waals surface area contributed by atoms with E-state index < -0.39 is 5.54 Å². The summed E-state index contributed by atoms with van der Waals surface area (Å²) < 4.78 is 0. The minimum absolute atomic E-state index is 0.000370. The molecule has 4 nitrogen and oxygen atoms in total. The summed E-state index contributed by atoms with van der Waals surface area (Å²) in [7, 11) is 1.73. The fourth-order valence-corrected chi connectivity index (χ4v) is 2.12. The van der Waals surface area contributed by atoms with E-state index in [0.29, 0.717) is 5.92 Å². The smallest absolute Gasteiger partial charge is 0.248 e. The predicted octanol–water partition coefficient (Wildman–Crippen LogP) is 0.132. The van der Waals surface area contributed by atoms with Gasteiger partial charge in [-0.3, -0.25) is 9.59 Å². The maximum absolute atomic E-state index is 11.8. The number of hydrogen-bond acceptors (Lipinski definition) is 2. The van der Waals surface area contributed by atoms with Crippen molar-refractivity contribution in [3.05, 3.63) is 0 Å². The molecule has 1 saturated heterocycles. The van der Waals surface area contributed by atoms with E-state index >= 15 is 0 Å². The summed E-state index contributed by atoms with van der Waals surface area (Å²) in [6.45, 7) is 3.49. The monoisotopic (exact) mass is 196 g/mol. The van der Waals surface area contributed by atoms with Gasteiger partial charge < -0.3 is 10.2 Å². The second-order valence-electron chi connectivity index (χ2n) is 4.81. The van der Waals surface area contributed by atoms with Crippen molar-refractivity contribution < 1.29 is 9.59 Å². The van der Waals surface area contributed by atoms with Gasteiger partial charge in [0.05, 0.1) is 0 Å². The van der Waals surface area contributed by atoms with Gasteiger partial charge in [0.1, 0.15) is 11.6 Å². The van der Waals surface area contributed by atoms with Crippen LogP contribution in [0.5, 0.6) is 0 Å². The molecule has 2 fully saturated rings. The molecule has 1 unspecified atom stereocenters. The first kappa shape index (κ1) is 9.49. The second kappa shape index (κ2) is 2.72. The lowest BCUT2D eigenvalue weighted by molar-refractivity contribution is -0.152. The summed E-state index contributed by atoms with van der Waals surface area (Å²) >= 11 is 0. The molecule has 1 atom stereocenters. The van der Waals surface area contributed by atoms with Crippen LogP contribution in [0.2, 0.25) is 0 Å². The SMILES string of the molecule is CN1C(=O)C(C)(C)NC(=O)C1C1CC1. The first-order valence-electron chi connectivity index (χ1n) is 5.03. The summed E-state index contributed by atoms with van der Waals surface area (Å²) in [6.07, 6.45) is 2.13. The lowest BCUT2D eigenvalue weighted by atomic mass is 9.95. The third-order valence-corrected chi connectivity index (χ3v) is 3.05. The maximum atomic E-state index is 11.8. The van der Waals surface area contributed by atoms with Crippen molar-refractivity contribution in [1.82, 2.24) is 10.2 Å². The van der Waals surface area contributed by atoms with Crippen molar-refractivity contribution in [1.29, 1.82) is 0 Å². The van der Waals surface area contributed by atoms with Crippen molar-refractivity contribution in [2.45, 2.75) is 38.3 Å². The number of carbonyl (C=O) groups excluding carboxylic acids is 2. The zero-order valence-electron chi connectivity index (χ0n) is 8.83. The number of amides is 2. The second-order valence-corrected chi connectivity index (χ2v) is 4.81. The Bertz CT molecular complexity index is 294. The van der Waals surface area contributed by atoms with E-state index in [0.717, 1.165) is 12.8 Å². The molecule has 14 heavy (non-hydrogen) atoms. The fourth-order valence-electron chi connectivity index (χ4n) is 2.12. The van der Waals surface area contributed by atoms with Crippen LogP contribution in [0.1, 0.15) is 26.7 Å². The molecule has 2 amide bonds. The zero-order chi connectivity index (χ0) is 10.5. The maximum Gasteiger partial charge on any atom is 0.248 e. The molecule has 0 aromatic carbocycles. The van der Waals surface area contributed by atoms with Crippen molar-refractivity contribution in [3.63, 3.8) is 0 Å². The molecule has 78 valence electrons. The summed E-state index contributed by atoms with van der Waals surface area (Å²) in [6, 6.07) is -0.226. The molecule has 1 aliphatic heterocycles. The molecule has 4 heteroatoms. The molecular formula is C10H16N2O2. The Kier molecular flexibility index (Phi) is 1.84. The molecular weight excluding hydrogens is 180 g/mol. The Hall–Kier alpha value is -1.06. The van der Waals surface area contributed by atoms with Crippen LogP contribution in [-0.4, -0.2) is 35.3 Å². The van der Waals surface area contributed by atoms with Gasteiger partial charge in [-0.1, -0.05) is 0 Å². The summed E-state index contributed by atoms with van der Waals surface area (Å²) in [4.78, 5) is 25.2. The fraction of sp³-hybridized carbons (Fsp3) is 0.800. The standard InChI is InChI=1S/C10H16N2O2/c1-10(2)9(14)12(3)7(6-4-5-6)8(13)11-10/h6-7H,4-5H2,1-3H3,(H,11,13). The molecule has 2 rings (SSSR count). The van der Waals surface area contributed by atoms with E-state index in [2.05, 4.69) is 5.32 Å². The van der Waals surface area contributed by atoms with Crippen molar-refractivity contribution >= 4 is 11.8 Å². The highest BCUT2D eigenvalue weighted by atomic mass is 16.2.